The van der Waals surface area contributed by atoms with Crippen molar-refractivity contribution in [2.45, 2.75) is 51.5 Å². The molecule has 1 atom stereocenters. The van der Waals surface area contributed by atoms with Crippen molar-refractivity contribution >= 4 is 17.5 Å². The van der Waals surface area contributed by atoms with Crippen LogP contribution < -0.4 is 10.6 Å². The summed E-state index contributed by atoms with van der Waals surface area (Å²) < 4.78 is 0. The SMILES string of the molecule is CC(NC(=O)c1cccc([N+](=O)[O-])c1)C(=O)NCC12CC3CC(CC(C3)C1)C2. The van der Waals surface area contributed by atoms with Gasteiger partial charge in [0.1, 0.15) is 6.04 Å². The van der Waals surface area contributed by atoms with Crippen molar-refractivity contribution in [1.29, 1.82) is 0 Å². The van der Waals surface area contributed by atoms with Gasteiger partial charge in [0.2, 0.25) is 5.91 Å². The standard InChI is InChI=1S/C21H27N3O4/c1-13(23-20(26)17-3-2-4-18(8-17)24(27)28)19(25)22-12-21-9-14-5-15(10-21)7-16(6-14)11-21/h2-4,8,13-16H,5-7,9-12H2,1H3,(H,22,25)(H,23,26). The molecule has 7 nitrogen and oxygen atoms in total. The highest BCUT2D eigenvalue weighted by Gasteiger charge is 2.50. The van der Waals surface area contributed by atoms with Gasteiger partial charge < -0.3 is 10.6 Å². The van der Waals surface area contributed by atoms with Gasteiger partial charge in [0, 0.05) is 24.2 Å². The molecular weight excluding hydrogens is 358 g/mol. The monoisotopic (exact) mass is 385 g/mol. The van der Waals surface area contributed by atoms with Gasteiger partial charge in [0.25, 0.3) is 11.6 Å². The van der Waals surface area contributed by atoms with Gasteiger partial charge in [-0.3, -0.25) is 19.7 Å². The molecule has 4 bridgehead atoms. The van der Waals surface area contributed by atoms with E-state index in [1.165, 1.54) is 62.8 Å². The van der Waals surface area contributed by atoms with E-state index in [2.05, 4.69) is 10.6 Å². The minimum Gasteiger partial charge on any atom is -0.354 e. The Labute approximate surface area is 164 Å². The van der Waals surface area contributed by atoms with Gasteiger partial charge in [-0.05, 0) is 74.7 Å². The molecule has 1 aromatic carbocycles. The second kappa shape index (κ2) is 7.18. The zero-order valence-electron chi connectivity index (χ0n) is 16.1. The first kappa shape index (κ1) is 18.9. The molecule has 7 heteroatoms. The summed E-state index contributed by atoms with van der Waals surface area (Å²) in [7, 11) is 0. The van der Waals surface area contributed by atoms with Crippen LogP contribution in [0, 0.1) is 33.3 Å². The molecule has 4 aliphatic rings. The van der Waals surface area contributed by atoms with Gasteiger partial charge in [-0.2, -0.15) is 0 Å². The minimum atomic E-state index is -0.694. The van der Waals surface area contributed by atoms with Gasteiger partial charge in [0.15, 0.2) is 0 Å². The van der Waals surface area contributed by atoms with Crippen LogP contribution in [0.3, 0.4) is 0 Å². The third-order valence-corrected chi connectivity index (χ3v) is 6.86. The van der Waals surface area contributed by atoms with E-state index in [0.29, 0.717) is 6.54 Å². The number of hydrogen-bond acceptors (Lipinski definition) is 4. The maximum atomic E-state index is 12.5. The highest BCUT2D eigenvalue weighted by Crippen LogP contribution is 2.59. The Hall–Kier alpha value is -2.44. The summed E-state index contributed by atoms with van der Waals surface area (Å²) in [6.07, 6.45) is 7.74. The van der Waals surface area contributed by atoms with Gasteiger partial charge in [-0.15, -0.1) is 0 Å². The number of non-ortho nitro benzene ring substituents is 1. The Kier molecular flexibility index (Phi) is 4.85. The number of nitro groups is 1. The smallest absolute Gasteiger partial charge is 0.270 e. The summed E-state index contributed by atoms with van der Waals surface area (Å²) >= 11 is 0. The Morgan fingerprint density at radius 2 is 1.79 bits per heavy atom. The molecule has 1 aromatic rings. The van der Waals surface area contributed by atoms with Crippen LogP contribution in [0.25, 0.3) is 0 Å². The molecule has 1 unspecified atom stereocenters. The normalized spacial score (nSPS) is 31.2. The van der Waals surface area contributed by atoms with Crippen LogP contribution in [0.2, 0.25) is 0 Å². The zero-order valence-corrected chi connectivity index (χ0v) is 16.1. The fourth-order valence-electron chi connectivity index (χ4n) is 6.04. The van der Waals surface area contributed by atoms with Crippen molar-refractivity contribution in [3.05, 3.63) is 39.9 Å². The molecule has 28 heavy (non-hydrogen) atoms. The van der Waals surface area contributed by atoms with Crippen molar-refractivity contribution in [2.75, 3.05) is 6.54 Å². The summed E-state index contributed by atoms with van der Waals surface area (Å²) in [6.45, 7) is 2.33. The zero-order chi connectivity index (χ0) is 19.9. The lowest BCUT2D eigenvalue weighted by atomic mass is 9.49. The lowest BCUT2D eigenvalue weighted by Gasteiger charge is -2.57. The summed E-state index contributed by atoms with van der Waals surface area (Å²) in [4.78, 5) is 35.2. The molecule has 0 heterocycles. The number of rotatable bonds is 6. The number of amides is 2. The van der Waals surface area contributed by atoms with Crippen LogP contribution in [0.1, 0.15) is 55.8 Å². The molecule has 0 radical (unpaired) electrons. The summed E-state index contributed by atoms with van der Waals surface area (Å²) in [5, 5.41) is 16.6. The topological polar surface area (TPSA) is 101 Å². The molecule has 2 N–H and O–H groups in total. The third-order valence-electron chi connectivity index (χ3n) is 6.86. The van der Waals surface area contributed by atoms with Crippen molar-refractivity contribution in [2.24, 2.45) is 23.2 Å². The Morgan fingerprint density at radius 1 is 1.18 bits per heavy atom. The number of benzene rings is 1. The van der Waals surface area contributed by atoms with Crippen molar-refractivity contribution in [1.82, 2.24) is 10.6 Å². The summed E-state index contributed by atoms with van der Waals surface area (Å²) in [5.74, 6) is 1.80. The van der Waals surface area contributed by atoms with Crippen LogP contribution in [-0.2, 0) is 4.79 Å². The molecule has 150 valence electrons. The van der Waals surface area contributed by atoms with E-state index in [-0.39, 0.29) is 22.6 Å². The van der Waals surface area contributed by atoms with Gasteiger partial charge in [-0.1, -0.05) is 6.07 Å². The second-order valence-corrected chi connectivity index (χ2v) is 9.14. The molecule has 0 spiro atoms. The average molecular weight is 385 g/mol. The predicted molar refractivity (Wildman–Crippen MR) is 104 cm³/mol. The first-order chi connectivity index (χ1) is 13.3. The number of hydrogen-bond donors (Lipinski definition) is 2. The summed E-state index contributed by atoms with van der Waals surface area (Å²) in [6, 6.07) is 4.82. The maximum absolute atomic E-state index is 12.5. The quantitative estimate of drug-likeness (QED) is 0.580. The van der Waals surface area contributed by atoms with Gasteiger partial charge in [0.05, 0.1) is 4.92 Å². The number of nitro benzene ring substituents is 1. The number of carbonyl (C=O) groups excluding carboxylic acids is 2. The van der Waals surface area contributed by atoms with E-state index >= 15 is 0 Å². The largest absolute Gasteiger partial charge is 0.354 e. The first-order valence-corrected chi connectivity index (χ1v) is 10.2. The number of carbonyl (C=O) groups is 2. The molecule has 0 aliphatic heterocycles. The van der Waals surface area contributed by atoms with E-state index in [1.54, 1.807) is 6.92 Å². The van der Waals surface area contributed by atoms with Crippen molar-refractivity contribution in [3.8, 4) is 0 Å². The van der Waals surface area contributed by atoms with E-state index in [0.717, 1.165) is 17.8 Å². The highest BCUT2D eigenvalue weighted by molar-refractivity contribution is 5.97. The van der Waals surface area contributed by atoms with E-state index in [4.69, 9.17) is 0 Å². The molecule has 5 rings (SSSR count). The predicted octanol–water partition coefficient (Wildman–Crippen LogP) is 3.05. The van der Waals surface area contributed by atoms with Crippen LogP contribution in [0.15, 0.2) is 24.3 Å². The Bertz CT molecular complexity index is 771. The lowest BCUT2D eigenvalue weighted by Crippen LogP contribution is -2.53. The molecule has 4 aliphatic carbocycles. The molecule has 4 fully saturated rings. The molecular formula is C21H27N3O4. The van der Waals surface area contributed by atoms with Gasteiger partial charge in [-0.25, -0.2) is 0 Å². The van der Waals surface area contributed by atoms with Crippen LogP contribution in [-0.4, -0.2) is 29.3 Å². The van der Waals surface area contributed by atoms with Crippen molar-refractivity contribution in [3.63, 3.8) is 0 Å². The lowest BCUT2D eigenvalue weighted by molar-refractivity contribution is -0.384. The Balaban J connectivity index is 1.32. The molecule has 4 saturated carbocycles. The first-order valence-electron chi connectivity index (χ1n) is 10.2. The highest BCUT2D eigenvalue weighted by atomic mass is 16.6. The minimum absolute atomic E-state index is 0.147. The third kappa shape index (κ3) is 3.75. The average Bonchev–Trinajstić information content (AvgIpc) is 2.65. The maximum Gasteiger partial charge on any atom is 0.270 e. The molecule has 2 amide bonds. The van der Waals surface area contributed by atoms with E-state index in [1.807, 2.05) is 0 Å². The van der Waals surface area contributed by atoms with E-state index in [9.17, 15) is 19.7 Å². The van der Waals surface area contributed by atoms with Crippen LogP contribution in [0.5, 0.6) is 0 Å². The van der Waals surface area contributed by atoms with Crippen LogP contribution >= 0.6 is 0 Å². The summed E-state index contributed by atoms with van der Waals surface area (Å²) in [5.41, 5.74) is 0.273. The number of nitrogens with one attached hydrogen (secondary N) is 2. The fourth-order valence-corrected chi connectivity index (χ4v) is 6.04. The van der Waals surface area contributed by atoms with Crippen molar-refractivity contribution < 1.29 is 14.5 Å². The number of nitrogens with zero attached hydrogens (tertiary/aromatic N) is 1. The van der Waals surface area contributed by atoms with E-state index < -0.39 is 16.9 Å². The second-order valence-electron chi connectivity index (χ2n) is 9.14. The fraction of sp³-hybridized carbons (Fsp3) is 0.619. The Morgan fingerprint density at radius 3 is 2.36 bits per heavy atom. The van der Waals surface area contributed by atoms with Crippen LogP contribution in [0.4, 0.5) is 5.69 Å². The van der Waals surface area contributed by atoms with Gasteiger partial charge >= 0.3 is 0 Å². The molecule has 0 aromatic heterocycles. The molecule has 0 saturated heterocycles.